The van der Waals surface area contributed by atoms with Crippen LogP contribution in [0, 0.1) is 12.8 Å². The summed E-state index contributed by atoms with van der Waals surface area (Å²) >= 11 is 6.06. The van der Waals surface area contributed by atoms with Crippen LogP contribution in [-0.4, -0.2) is 22.9 Å². The largest absolute Gasteiger partial charge is 0.508 e. The van der Waals surface area contributed by atoms with Crippen molar-refractivity contribution in [2.75, 3.05) is 6.54 Å². The molecule has 0 bridgehead atoms. The van der Waals surface area contributed by atoms with Crippen molar-refractivity contribution in [3.8, 4) is 5.75 Å². The molecule has 0 aromatic heterocycles. The standard InChI is InChI=1S/C13H18ClNO2/c1-8(2)12(14)7-15-13(17)11-5-4-10(16)6-9(11)3/h4-6,8,12,16H,7H2,1-3H3,(H,15,17). The van der Waals surface area contributed by atoms with Gasteiger partial charge in [-0.1, -0.05) is 13.8 Å². The van der Waals surface area contributed by atoms with Crippen molar-refractivity contribution in [3.05, 3.63) is 29.3 Å². The predicted molar refractivity (Wildman–Crippen MR) is 69.7 cm³/mol. The number of alkyl halides is 1. The second-order valence-electron chi connectivity index (χ2n) is 4.47. The third-order valence-corrected chi connectivity index (χ3v) is 3.29. The van der Waals surface area contributed by atoms with E-state index in [0.29, 0.717) is 18.0 Å². The second kappa shape index (κ2) is 5.92. The summed E-state index contributed by atoms with van der Waals surface area (Å²) in [5.41, 5.74) is 1.31. The van der Waals surface area contributed by atoms with E-state index in [9.17, 15) is 9.90 Å². The van der Waals surface area contributed by atoms with E-state index < -0.39 is 0 Å². The highest BCUT2D eigenvalue weighted by atomic mass is 35.5. The lowest BCUT2D eigenvalue weighted by Gasteiger charge is -2.14. The van der Waals surface area contributed by atoms with Gasteiger partial charge in [0.1, 0.15) is 5.75 Å². The van der Waals surface area contributed by atoms with Crippen LogP contribution in [0.5, 0.6) is 5.75 Å². The third-order valence-electron chi connectivity index (χ3n) is 2.64. The number of rotatable bonds is 4. The van der Waals surface area contributed by atoms with Crippen LogP contribution in [0.1, 0.15) is 29.8 Å². The molecule has 1 atom stereocenters. The van der Waals surface area contributed by atoms with Gasteiger partial charge < -0.3 is 10.4 Å². The van der Waals surface area contributed by atoms with Crippen LogP contribution in [0.4, 0.5) is 0 Å². The van der Waals surface area contributed by atoms with E-state index in [1.54, 1.807) is 19.1 Å². The normalized spacial score (nSPS) is 12.5. The minimum atomic E-state index is -0.159. The molecule has 17 heavy (non-hydrogen) atoms. The van der Waals surface area contributed by atoms with Gasteiger partial charge in [-0.05, 0) is 36.6 Å². The highest BCUT2D eigenvalue weighted by molar-refractivity contribution is 6.21. The number of phenols is 1. The molecular formula is C13H18ClNO2. The molecule has 1 aromatic carbocycles. The number of phenolic OH excluding ortho intramolecular Hbond substituents is 1. The third kappa shape index (κ3) is 3.93. The van der Waals surface area contributed by atoms with Crippen LogP contribution in [0.2, 0.25) is 0 Å². The Labute approximate surface area is 107 Å². The smallest absolute Gasteiger partial charge is 0.251 e. The molecule has 2 N–H and O–H groups in total. The number of aromatic hydroxyl groups is 1. The van der Waals surface area contributed by atoms with Gasteiger partial charge in [-0.3, -0.25) is 4.79 Å². The topological polar surface area (TPSA) is 49.3 Å². The zero-order chi connectivity index (χ0) is 13.0. The summed E-state index contributed by atoms with van der Waals surface area (Å²) < 4.78 is 0. The first-order valence-corrected chi connectivity index (χ1v) is 6.07. The fourth-order valence-electron chi connectivity index (χ4n) is 1.42. The maximum Gasteiger partial charge on any atom is 0.251 e. The molecule has 0 aliphatic rings. The highest BCUT2D eigenvalue weighted by Gasteiger charge is 2.13. The van der Waals surface area contributed by atoms with Gasteiger partial charge in [-0.15, -0.1) is 11.6 Å². The molecule has 3 nitrogen and oxygen atoms in total. The maximum atomic E-state index is 11.9. The summed E-state index contributed by atoms with van der Waals surface area (Å²) in [6.45, 7) is 6.25. The number of carbonyl (C=O) groups is 1. The fourth-order valence-corrected chi connectivity index (χ4v) is 1.50. The van der Waals surface area contributed by atoms with Gasteiger partial charge in [0, 0.05) is 12.1 Å². The SMILES string of the molecule is Cc1cc(O)ccc1C(=O)NCC(Cl)C(C)C. The molecule has 0 spiro atoms. The van der Waals surface area contributed by atoms with Crippen molar-refractivity contribution >= 4 is 17.5 Å². The van der Waals surface area contributed by atoms with Crippen LogP contribution in [-0.2, 0) is 0 Å². The Bertz CT molecular complexity index is 404. The number of nitrogens with one attached hydrogen (secondary N) is 1. The molecule has 1 unspecified atom stereocenters. The van der Waals surface area contributed by atoms with Gasteiger partial charge in [0.2, 0.25) is 0 Å². The maximum absolute atomic E-state index is 11.9. The lowest BCUT2D eigenvalue weighted by atomic mass is 10.1. The van der Waals surface area contributed by atoms with E-state index in [1.807, 2.05) is 13.8 Å². The van der Waals surface area contributed by atoms with E-state index in [2.05, 4.69) is 5.32 Å². The van der Waals surface area contributed by atoms with E-state index in [0.717, 1.165) is 5.56 Å². The number of hydrogen-bond donors (Lipinski definition) is 2. The van der Waals surface area contributed by atoms with Crippen LogP contribution in [0.25, 0.3) is 0 Å². The Morgan fingerprint density at radius 1 is 1.47 bits per heavy atom. The molecule has 0 saturated heterocycles. The summed E-state index contributed by atoms with van der Waals surface area (Å²) in [5.74, 6) is 0.322. The van der Waals surface area contributed by atoms with Crippen molar-refractivity contribution < 1.29 is 9.90 Å². The van der Waals surface area contributed by atoms with Gasteiger partial charge in [0.25, 0.3) is 5.91 Å². The first kappa shape index (κ1) is 13.8. The summed E-state index contributed by atoms with van der Waals surface area (Å²) in [6.07, 6.45) is 0. The van der Waals surface area contributed by atoms with Crippen molar-refractivity contribution in [2.24, 2.45) is 5.92 Å². The summed E-state index contributed by atoms with van der Waals surface area (Å²) in [6, 6.07) is 4.68. The number of amides is 1. The van der Waals surface area contributed by atoms with Gasteiger partial charge in [-0.25, -0.2) is 0 Å². The summed E-state index contributed by atoms with van der Waals surface area (Å²) in [5, 5.41) is 12.0. The zero-order valence-electron chi connectivity index (χ0n) is 10.3. The first-order valence-electron chi connectivity index (χ1n) is 5.63. The number of carbonyl (C=O) groups excluding carboxylic acids is 1. The van der Waals surface area contributed by atoms with Gasteiger partial charge >= 0.3 is 0 Å². The van der Waals surface area contributed by atoms with E-state index in [1.165, 1.54) is 6.07 Å². The van der Waals surface area contributed by atoms with Crippen molar-refractivity contribution in [1.29, 1.82) is 0 Å². The molecular weight excluding hydrogens is 238 g/mol. The van der Waals surface area contributed by atoms with E-state index in [4.69, 9.17) is 11.6 Å². The number of aryl methyl sites for hydroxylation is 1. The van der Waals surface area contributed by atoms with Gasteiger partial charge in [0.15, 0.2) is 0 Å². The van der Waals surface area contributed by atoms with E-state index >= 15 is 0 Å². The Morgan fingerprint density at radius 3 is 2.65 bits per heavy atom. The molecule has 0 saturated carbocycles. The number of benzene rings is 1. The quantitative estimate of drug-likeness (QED) is 0.813. The molecule has 94 valence electrons. The summed E-state index contributed by atoms with van der Waals surface area (Å²) in [7, 11) is 0. The predicted octanol–water partition coefficient (Wildman–Crippen LogP) is 2.69. The second-order valence-corrected chi connectivity index (χ2v) is 5.03. The molecule has 1 amide bonds. The van der Waals surface area contributed by atoms with Crippen molar-refractivity contribution in [2.45, 2.75) is 26.1 Å². The minimum Gasteiger partial charge on any atom is -0.508 e. The average Bonchev–Trinajstić information content (AvgIpc) is 2.25. The minimum absolute atomic E-state index is 0.0728. The Kier molecular flexibility index (Phi) is 4.82. The lowest BCUT2D eigenvalue weighted by molar-refractivity contribution is 0.0952. The molecule has 0 aliphatic heterocycles. The molecule has 1 aromatic rings. The Morgan fingerprint density at radius 2 is 2.12 bits per heavy atom. The number of halogens is 1. The van der Waals surface area contributed by atoms with Crippen LogP contribution in [0.15, 0.2) is 18.2 Å². The van der Waals surface area contributed by atoms with Crippen molar-refractivity contribution in [3.63, 3.8) is 0 Å². The average molecular weight is 256 g/mol. The summed E-state index contributed by atoms with van der Waals surface area (Å²) in [4.78, 5) is 11.9. The van der Waals surface area contributed by atoms with Crippen LogP contribution < -0.4 is 5.32 Å². The van der Waals surface area contributed by atoms with Crippen LogP contribution >= 0.6 is 11.6 Å². The molecule has 0 heterocycles. The van der Waals surface area contributed by atoms with Gasteiger partial charge in [0.05, 0.1) is 5.38 Å². The molecule has 0 aliphatic carbocycles. The van der Waals surface area contributed by atoms with E-state index in [-0.39, 0.29) is 17.0 Å². The van der Waals surface area contributed by atoms with Crippen LogP contribution in [0.3, 0.4) is 0 Å². The molecule has 0 fully saturated rings. The van der Waals surface area contributed by atoms with Crippen molar-refractivity contribution in [1.82, 2.24) is 5.32 Å². The monoisotopic (exact) mass is 255 g/mol. The number of hydrogen-bond acceptors (Lipinski definition) is 2. The Balaban J connectivity index is 2.64. The molecule has 4 heteroatoms. The lowest BCUT2D eigenvalue weighted by Crippen LogP contribution is -2.32. The Hall–Kier alpha value is -1.22. The molecule has 1 rings (SSSR count). The highest BCUT2D eigenvalue weighted by Crippen LogP contribution is 2.15. The zero-order valence-corrected chi connectivity index (χ0v) is 11.1. The van der Waals surface area contributed by atoms with Gasteiger partial charge in [-0.2, -0.15) is 0 Å². The first-order chi connectivity index (χ1) is 7.91. The fraction of sp³-hybridized carbons (Fsp3) is 0.462. The molecule has 0 radical (unpaired) electrons.